The zero-order valence-corrected chi connectivity index (χ0v) is 11.9. The molecule has 1 aromatic rings. The highest BCUT2D eigenvalue weighted by Gasteiger charge is 1.95. The van der Waals surface area contributed by atoms with Crippen molar-refractivity contribution in [3.05, 3.63) is 48.2 Å². The van der Waals surface area contributed by atoms with Crippen LogP contribution in [0.15, 0.2) is 42.6 Å². The molecule has 0 saturated heterocycles. The second-order valence-corrected chi connectivity index (χ2v) is 4.28. The van der Waals surface area contributed by atoms with Crippen LogP contribution in [0.5, 0.6) is 0 Å². The van der Waals surface area contributed by atoms with Crippen LogP contribution in [-0.4, -0.2) is 13.1 Å². The molecule has 2 nitrogen and oxygen atoms in total. The van der Waals surface area contributed by atoms with Gasteiger partial charge < -0.3 is 11.1 Å². The van der Waals surface area contributed by atoms with Gasteiger partial charge in [0.25, 0.3) is 0 Å². The van der Waals surface area contributed by atoms with Crippen molar-refractivity contribution in [2.75, 3.05) is 13.1 Å². The van der Waals surface area contributed by atoms with Crippen molar-refractivity contribution >= 4 is 0 Å². The van der Waals surface area contributed by atoms with Crippen molar-refractivity contribution in [3.63, 3.8) is 0 Å². The fraction of sp³-hybridized carbons (Fsp3) is 0.500. The minimum Gasteiger partial charge on any atom is -0.389 e. The van der Waals surface area contributed by atoms with Crippen LogP contribution in [-0.2, 0) is 6.42 Å². The van der Waals surface area contributed by atoms with E-state index in [1.807, 2.05) is 6.92 Å². The van der Waals surface area contributed by atoms with Crippen molar-refractivity contribution in [2.45, 2.75) is 39.5 Å². The van der Waals surface area contributed by atoms with E-state index in [0.717, 1.165) is 31.6 Å². The smallest absolute Gasteiger partial charge is 0.0143 e. The highest BCUT2D eigenvalue weighted by molar-refractivity contribution is 5.15. The highest BCUT2D eigenvalue weighted by atomic mass is 14.9. The third-order valence-corrected chi connectivity index (χ3v) is 2.46. The number of hydrogen-bond donors (Lipinski definition) is 2. The fourth-order valence-corrected chi connectivity index (χ4v) is 1.47. The standard InChI is InChI=1S/C14H21N.C2H7N/c1-3-4-12-15-13(2)10-11-14-8-6-5-7-9-14;1-2-3/h5-9,15H,2-4,10-12H2,1H3;2-3H2,1H3. The maximum Gasteiger partial charge on any atom is 0.0143 e. The molecule has 0 unspecified atom stereocenters. The topological polar surface area (TPSA) is 38.0 Å². The maximum atomic E-state index is 4.85. The van der Waals surface area contributed by atoms with E-state index < -0.39 is 0 Å². The summed E-state index contributed by atoms with van der Waals surface area (Å²) in [6, 6.07) is 10.6. The summed E-state index contributed by atoms with van der Waals surface area (Å²) in [4.78, 5) is 0. The van der Waals surface area contributed by atoms with E-state index >= 15 is 0 Å². The van der Waals surface area contributed by atoms with Gasteiger partial charge in [-0.05, 0) is 31.4 Å². The first-order valence-electron chi connectivity index (χ1n) is 6.90. The molecule has 1 aromatic carbocycles. The molecule has 0 bridgehead atoms. The van der Waals surface area contributed by atoms with Crippen LogP contribution < -0.4 is 11.1 Å². The van der Waals surface area contributed by atoms with Crippen LogP contribution >= 0.6 is 0 Å². The van der Waals surface area contributed by atoms with Crippen LogP contribution in [0.4, 0.5) is 0 Å². The summed E-state index contributed by atoms with van der Waals surface area (Å²) in [6.07, 6.45) is 4.58. The van der Waals surface area contributed by atoms with Gasteiger partial charge in [-0.15, -0.1) is 0 Å². The van der Waals surface area contributed by atoms with Crippen LogP contribution in [0.3, 0.4) is 0 Å². The van der Waals surface area contributed by atoms with Crippen LogP contribution in [0.25, 0.3) is 0 Å². The van der Waals surface area contributed by atoms with Crippen molar-refractivity contribution in [1.29, 1.82) is 0 Å². The number of aryl methyl sites for hydroxylation is 1. The molecular weight excluding hydrogens is 220 g/mol. The summed E-state index contributed by atoms with van der Waals surface area (Å²) in [7, 11) is 0. The number of nitrogens with one attached hydrogen (secondary N) is 1. The fourth-order valence-electron chi connectivity index (χ4n) is 1.47. The Morgan fingerprint density at radius 3 is 2.39 bits per heavy atom. The Balaban J connectivity index is 0.000000873. The van der Waals surface area contributed by atoms with Gasteiger partial charge in [-0.1, -0.05) is 57.2 Å². The minimum atomic E-state index is 0.750. The molecule has 0 aliphatic heterocycles. The zero-order chi connectivity index (χ0) is 13.6. The number of unbranched alkanes of at least 4 members (excludes halogenated alkanes) is 1. The Labute approximate surface area is 112 Å². The molecule has 0 fully saturated rings. The molecule has 0 atom stereocenters. The Kier molecular flexibility index (Phi) is 11.3. The largest absolute Gasteiger partial charge is 0.389 e. The predicted molar refractivity (Wildman–Crippen MR) is 81.5 cm³/mol. The summed E-state index contributed by atoms with van der Waals surface area (Å²) < 4.78 is 0. The van der Waals surface area contributed by atoms with Gasteiger partial charge in [0.2, 0.25) is 0 Å². The van der Waals surface area contributed by atoms with Gasteiger partial charge in [-0.2, -0.15) is 0 Å². The summed E-state index contributed by atoms with van der Waals surface area (Å²) in [5.41, 5.74) is 7.39. The lowest BCUT2D eigenvalue weighted by molar-refractivity contribution is 0.685. The van der Waals surface area contributed by atoms with Gasteiger partial charge in [0.15, 0.2) is 0 Å². The molecule has 0 spiro atoms. The highest BCUT2D eigenvalue weighted by Crippen LogP contribution is 2.05. The lowest BCUT2D eigenvalue weighted by Crippen LogP contribution is -2.14. The summed E-state index contributed by atoms with van der Waals surface area (Å²) >= 11 is 0. The molecular formula is C16H28N2. The van der Waals surface area contributed by atoms with Crippen LogP contribution in [0.1, 0.15) is 38.7 Å². The lowest BCUT2D eigenvalue weighted by Gasteiger charge is -2.08. The monoisotopic (exact) mass is 248 g/mol. The van der Waals surface area contributed by atoms with Crippen molar-refractivity contribution in [1.82, 2.24) is 5.32 Å². The van der Waals surface area contributed by atoms with Gasteiger partial charge in [0.1, 0.15) is 0 Å². The summed E-state index contributed by atoms with van der Waals surface area (Å²) in [5.74, 6) is 0. The van der Waals surface area contributed by atoms with Gasteiger partial charge in [-0.25, -0.2) is 0 Å². The second kappa shape index (κ2) is 12.2. The average molecular weight is 248 g/mol. The predicted octanol–water partition coefficient (Wildman–Crippen LogP) is 3.49. The van der Waals surface area contributed by atoms with Crippen molar-refractivity contribution < 1.29 is 0 Å². The molecule has 0 aliphatic rings. The van der Waals surface area contributed by atoms with Crippen LogP contribution in [0, 0.1) is 0 Å². The van der Waals surface area contributed by atoms with E-state index in [9.17, 15) is 0 Å². The van der Waals surface area contributed by atoms with Crippen molar-refractivity contribution in [3.8, 4) is 0 Å². The van der Waals surface area contributed by atoms with Gasteiger partial charge in [-0.3, -0.25) is 0 Å². The Morgan fingerprint density at radius 1 is 1.22 bits per heavy atom. The second-order valence-electron chi connectivity index (χ2n) is 4.28. The number of hydrogen-bond acceptors (Lipinski definition) is 2. The van der Waals surface area contributed by atoms with Gasteiger partial charge in [0.05, 0.1) is 0 Å². The van der Waals surface area contributed by atoms with Gasteiger partial charge in [0, 0.05) is 12.2 Å². The van der Waals surface area contributed by atoms with E-state index in [4.69, 9.17) is 5.73 Å². The molecule has 18 heavy (non-hydrogen) atoms. The molecule has 102 valence electrons. The lowest BCUT2D eigenvalue weighted by atomic mass is 10.1. The third kappa shape index (κ3) is 9.91. The first kappa shape index (κ1) is 16.7. The van der Waals surface area contributed by atoms with E-state index in [-0.39, 0.29) is 0 Å². The summed E-state index contributed by atoms with van der Waals surface area (Å²) in [6.45, 7) is 9.95. The molecule has 0 radical (unpaired) electrons. The average Bonchev–Trinajstić information content (AvgIpc) is 2.39. The number of benzene rings is 1. The SMILES string of the molecule is C=C(CCc1ccccc1)NCCCC.CCN. The molecule has 0 aliphatic carbocycles. The maximum absolute atomic E-state index is 4.85. The molecule has 3 N–H and O–H groups in total. The molecule has 0 heterocycles. The molecule has 0 saturated carbocycles. The van der Waals surface area contributed by atoms with E-state index in [2.05, 4.69) is 49.2 Å². The zero-order valence-electron chi connectivity index (χ0n) is 11.9. The van der Waals surface area contributed by atoms with E-state index in [1.165, 1.54) is 18.4 Å². The quantitative estimate of drug-likeness (QED) is 0.725. The minimum absolute atomic E-state index is 0.750. The van der Waals surface area contributed by atoms with E-state index in [0.29, 0.717) is 0 Å². The Bertz CT molecular complexity index is 293. The molecule has 2 heteroatoms. The van der Waals surface area contributed by atoms with Gasteiger partial charge >= 0.3 is 0 Å². The first-order chi connectivity index (χ1) is 8.74. The first-order valence-corrected chi connectivity index (χ1v) is 6.90. The molecule has 1 rings (SSSR count). The Morgan fingerprint density at radius 2 is 1.83 bits per heavy atom. The van der Waals surface area contributed by atoms with Crippen molar-refractivity contribution in [2.24, 2.45) is 5.73 Å². The number of allylic oxidation sites excluding steroid dienone is 1. The third-order valence-electron chi connectivity index (χ3n) is 2.46. The van der Waals surface area contributed by atoms with E-state index in [1.54, 1.807) is 0 Å². The van der Waals surface area contributed by atoms with Crippen LogP contribution in [0.2, 0.25) is 0 Å². The summed E-state index contributed by atoms with van der Waals surface area (Å²) in [5, 5.41) is 3.36. The molecule has 0 amide bonds. The Hall–Kier alpha value is -1.28. The normalized spacial score (nSPS) is 9.28. The molecule has 0 aromatic heterocycles. The number of nitrogens with two attached hydrogens (primary N) is 1. The number of rotatable bonds is 7.